The van der Waals surface area contributed by atoms with E-state index in [2.05, 4.69) is 32.3 Å². The van der Waals surface area contributed by atoms with Gasteiger partial charge in [-0.3, -0.25) is 9.44 Å². The number of halogens is 2. The van der Waals surface area contributed by atoms with E-state index in [0.29, 0.717) is 0 Å². The molecule has 3 rings (SSSR count). The van der Waals surface area contributed by atoms with Gasteiger partial charge in [0.2, 0.25) is 0 Å². The zero-order valence-electron chi connectivity index (χ0n) is 14.3. The Morgan fingerprint density at radius 3 is 2.76 bits per heavy atom. The lowest BCUT2D eigenvalue weighted by molar-refractivity contribution is -0.109. The van der Waals surface area contributed by atoms with Crippen molar-refractivity contribution in [1.29, 1.82) is 0 Å². The van der Waals surface area contributed by atoms with Crippen LogP contribution >= 0.6 is 33.3 Å². The average molecular weight is 405 g/mol. The topological polar surface area (TPSA) is 66.0 Å². The van der Waals surface area contributed by atoms with Crippen molar-refractivity contribution in [1.82, 2.24) is 14.4 Å². The number of thiazole rings is 1. The Kier molecular flexibility index (Phi) is 7.21. The summed E-state index contributed by atoms with van der Waals surface area (Å²) < 4.78 is 19.3. The first-order valence-electron chi connectivity index (χ1n) is 7.60. The Hall–Kier alpha value is -1.19. The fourth-order valence-corrected chi connectivity index (χ4v) is 5.26. The Bertz CT molecular complexity index is 699. The molecule has 9 heteroatoms. The van der Waals surface area contributed by atoms with Crippen LogP contribution in [0.1, 0.15) is 17.5 Å². The number of aldehydes is 1. The van der Waals surface area contributed by atoms with E-state index in [0.717, 1.165) is 23.4 Å². The minimum Gasteiger partial charge on any atom is -0.388 e. The van der Waals surface area contributed by atoms with E-state index in [9.17, 15) is 9.18 Å². The highest BCUT2D eigenvalue weighted by Crippen LogP contribution is 2.40. The van der Waals surface area contributed by atoms with Gasteiger partial charge in [0.1, 0.15) is 17.1 Å². The van der Waals surface area contributed by atoms with Gasteiger partial charge in [-0.05, 0) is 37.1 Å². The van der Waals surface area contributed by atoms with E-state index in [4.69, 9.17) is 11.6 Å². The van der Waals surface area contributed by atoms with Crippen LogP contribution in [0.15, 0.2) is 29.8 Å². The van der Waals surface area contributed by atoms with Gasteiger partial charge in [-0.2, -0.15) is 0 Å². The highest BCUT2D eigenvalue weighted by atomic mass is 35.5. The number of carbonyl (C=O) groups is 1. The normalized spacial score (nSPS) is 23.1. The average Bonchev–Trinajstić information content (AvgIpc) is 3.11. The van der Waals surface area contributed by atoms with Crippen molar-refractivity contribution in [3.05, 3.63) is 45.6 Å². The third kappa shape index (κ3) is 5.93. The summed E-state index contributed by atoms with van der Waals surface area (Å²) in [6.07, 6.45) is 7.82. The van der Waals surface area contributed by atoms with Crippen LogP contribution in [0, 0.1) is 5.82 Å². The lowest BCUT2D eigenvalue weighted by atomic mass is 10.1. The number of hydrogen-bond donors (Lipinski definition) is 3. The molecule has 25 heavy (non-hydrogen) atoms. The number of hydrogen-bond acceptors (Lipinski definition) is 6. The van der Waals surface area contributed by atoms with Crippen LogP contribution < -0.4 is 14.8 Å². The molecule has 1 aromatic heterocycles. The summed E-state index contributed by atoms with van der Waals surface area (Å²) in [5, 5.41) is 6.03. The lowest BCUT2D eigenvalue weighted by Gasteiger charge is -2.44. The predicted octanol–water partition coefficient (Wildman–Crippen LogP) is 3.75. The van der Waals surface area contributed by atoms with E-state index in [1.807, 2.05) is 11.6 Å². The maximum atomic E-state index is 12.5. The molecule has 1 aromatic carbocycles. The van der Waals surface area contributed by atoms with E-state index in [1.54, 1.807) is 24.5 Å². The molecular formula is C16H22ClFN4OS2. The number of aromatic nitrogens is 1. The molecule has 1 saturated heterocycles. The molecule has 1 aliphatic heterocycles. The van der Waals surface area contributed by atoms with Crippen molar-refractivity contribution in [3.8, 4) is 0 Å². The molecule has 0 bridgehead atoms. The molecule has 2 aromatic rings. The lowest BCUT2D eigenvalue weighted by Crippen LogP contribution is -2.47. The molecule has 0 amide bonds. The number of carbonyl (C=O) groups excluding carboxylic acids is 1. The predicted molar refractivity (Wildman–Crippen MR) is 106 cm³/mol. The van der Waals surface area contributed by atoms with E-state index >= 15 is 0 Å². The fraction of sp³-hybridized carbons (Fsp3) is 0.375. The fourth-order valence-electron chi connectivity index (χ4n) is 2.41. The summed E-state index contributed by atoms with van der Waals surface area (Å²) in [5.74, 6) is -0.388. The zero-order chi connectivity index (χ0) is 18.4. The number of benzene rings is 1. The third-order valence-corrected chi connectivity index (χ3v) is 6.44. The van der Waals surface area contributed by atoms with Gasteiger partial charge in [0.15, 0.2) is 0 Å². The number of nitrogens with one attached hydrogen (secondary N) is 3. The summed E-state index contributed by atoms with van der Waals surface area (Å²) in [5.41, 5.74) is 0.811. The molecule has 2 heterocycles. The maximum absolute atomic E-state index is 12.5. The molecule has 1 aliphatic rings. The van der Waals surface area contributed by atoms with Gasteiger partial charge in [0, 0.05) is 24.3 Å². The van der Waals surface area contributed by atoms with Gasteiger partial charge in [-0.25, -0.2) is 9.37 Å². The standard InChI is InChI=1S/C9H15N3OS2.C7H7ClFN/c1-15(2)11-7(6-13)5-8(12-15)9-10-3-4-14-9;1-10-5-2-3-7(9)6(8)4-5/h3-4,6-8,11-12H,5H2,1-2H3;2-4,10H,1H3. The van der Waals surface area contributed by atoms with Crippen LogP contribution in [-0.2, 0) is 4.79 Å². The minimum atomic E-state index is -1.08. The second kappa shape index (κ2) is 8.95. The summed E-state index contributed by atoms with van der Waals surface area (Å²) in [4.78, 5) is 15.2. The molecule has 1 fully saturated rings. The Labute approximate surface area is 158 Å². The largest absolute Gasteiger partial charge is 0.388 e. The van der Waals surface area contributed by atoms with Crippen LogP contribution in [0.2, 0.25) is 5.02 Å². The smallest absolute Gasteiger partial charge is 0.141 e. The quantitative estimate of drug-likeness (QED) is 0.680. The van der Waals surface area contributed by atoms with E-state index in [-0.39, 0.29) is 22.9 Å². The van der Waals surface area contributed by atoms with Gasteiger partial charge in [0.25, 0.3) is 0 Å². The van der Waals surface area contributed by atoms with Gasteiger partial charge in [0.05, 0.1) is 17.1 Å². The van der Waals surface area contributed by atoms with Crippen molar-refractivity contribution >= 4 is 45.3 Å². The van der Waals surface area contributed by atoms with E-state index < -0.39 is 10.4 Å². The molecule has 0 radical (unpaired) electrons. The van der Waals surface area contributed by atoms with Crippen LogP contribution in [0.4, 0.5) is 10.1 Å². The van der Waals surface area contributed by atoms with Crippen molar-refractivity contribution in [2.45, 2.75) is 18.5 Å². The second-order valence-electron chi connectivity index (χ2n) is 5.84. The summed E-state index contributed by atoms with van der Waals surface area (Å²) in [7, 11) is 0.670. The highest BCUT2D eigenvalue weighted by Gasteiger charge is 2.31. The zero-order valence-corrected chi connectivity index (χ0v) is 16.6. The van der Waals surface area contributed by atoms with Gasteiger partial charge < -0.3 is 10.1 Å². The molecule has 0 aliphatic carbocycles. The second-order valence-corrected chi connectivity index (χ2v) is 10.3. The van der Waals surface area contributed by atoms with Crippen LogP contribution in [-0.4, -0.2) is 36.9 Å². The van der Waals surface area contributed by atoms with Crippen molar-refractivity contribution in [3.63, 3.8) is 0 Å². The van der Waals surface area contributed by atoms with Crippen molar-refractivity contribution in [2.75, 3.05) is 24.9 Å². The third-order valence-electron chi connectivity index (χ3n) is 3.49. The van der Waals surface area contributed by atoms with Gasteiger partial charge in [-0.15, -0.1) is 21.7 Å². The van der Waals surface area contributed by atoms with Crippen LogP contribution in [0.5, 0.6) is 0 Å². The number of anilines is 1. The van der Waals surface area contributed by atoms with Crippen molar-refractivity contribution < 1.29 is 9.18 Å². The number of nitrogens with zero attached hydrogens (tertiary/aromatic N) is 1. The summed E-state index contributed by atoms with van der Waals surface area (Å²) in [6, 6.07) is 4.66. The molecular weight excluding hydrogens is 383 g/mol. The molecule has 2 atom stereocenters. The molecule has 2 unspecified atom stereocenters. The Morgan fingerprint density at radius 1 is 1.44 bits per heavy atom. The first kappa shape index (κ1) is 20.1. The Balaban J connectivity index is 0.000000196. The maximum Gasteiger partial charge on any atom is 0.141 e. The van der Waals surface area contributed by atoms with Crippen molar-refractivity contribution in [2.24, 2.45) is 0 Å². The summed E-state index contributed by atoms with van der Waals surface area (Å²) >= 11 is 7.12. The Morgan fingerprint density at radius 2 is 2.20 bits per heavy atom. The summed E-state index contributed by atoms with van der Waals surface area (Å²) in [6.45, 7) is 0. The number of rotatable bonds is 3. The van der Waals surface area contributed by atoms with Gasteiger partial charge in [-0.1, -0.05) is 11.6 Å². The molecule has 0 spiro atoms. The highest BCUT2D eigenvalue weighted by molar-refractivity contribution is 8.29. The minimum absolute atomic E-state index is 0.0508. The first-order chi connectivity index (χ1) is 11.8. The first-order valence-corrected chi connectivity index (χ1v) is 11.3. The molecule has 3 N–H and O–H groups in total. The SMILES string of the molecule is CNc1ccc(F)c(Cl)c1.CS1(C)NC(C=O)CC(c2nccs2)N1. The molecule has 138 valence electrons. The van der Waals surface area contributed by atoms with Crippen LogP contribution in [0.25, 0.3) is 0 Å². The molecule has 5 nitrogen and oxygen atoms in total. The monoisotopic (exact) mass is 404 g/mol. The van der Waals surface area contributed by atoms with Crippen LogP contribution in [0.3, 0.4) is 0 Å². The van der Waals surface area contributed by atoms with E-state index in [1.165, 1.54) is 12.1 Å². The van der Waals surface area contributed by atoms with Gasteiger partial charge >= 0.3 is 0 Å². The molecule has 0 saturated carbocycles.